The summed E-state index contributed by atoms with van der Waals surface area (Å²) in [6.07, 6.45) is 3.17. The standard InChI is InChI=1S/C12H7N7O2/c20-19(21)8-3-1-7(2-4-8)10-15-12-9-5-14-16-11(9)13-6-18(12)17-10/h1-6H,(H,14,16). The number of nitrogens with zero attached hydrogens (tertiary/aromatic N) is 6. The monoisotopic (exact) mass is 281 g/mol. The summed E-state index contributed by atoms with van der Waals surface area (Å²) in [4.78, 5) is 18.8. The largest absolute Gasteiger partial charge is 0.269 e. The highest BCUT2D eigenvalue weighted by Crippen LogP contribution is 2.22. The van der Waals surface area contributed by atoms with Crippen LogP contribution in [0.5, 0.6) is 0 Å². The number of rotatable bonds is 2. The average molecular weight is 281 g/mol. The zero-order valence-corrected chi connectivity index (χ0v) is 10.5. The van der Waals surface area contributed by atoms with E-state index in [1.54, 1.807) is 22.8 Å². The van der Waals surface area contributed by atoms with E-state index in [-0.39, 0.29) is 5.69 Å². The molecule has 3 heterocycles. The highest BCUT2D eigenvalue weighted by atomic mass is 16.6. The van der Waals surface area contributed by atoms with Gasteiger partial charge in [-0.3, -0.25) is 15.2 Å². The minimum absolute atomic E-state index is 0.0291. The first kappa shape index (κ1) is 11.5. The molecule has 102 valence electrons. The van der Waals surface area contributed by atoms with Crippen molar-refractivity contribution in [2.45, 2.75) is 0 Å². The summed E-state index contributed by atoms with van der Waals surface area (Å²) in [7, 11) is 0. The molecule has 0 aliphatic carbocycles. The molecule has 0 unspecified atom stereocenters. The zero-order valence-electron chi connectivity index (χ0n) is 10.5. The van der Waals surface area contributed by atoms with Gasteiger partial charge in [-0.1, -0.05) is 0 Å². The first-order valence-electron chi connectivity index (χ1n) is 6.02. The van der Waals surface area contributed by atoms with Crippen molar-refractivity contribution in [3.05, 3.63) is 46.9 Å². The molecule has 0 radical (unpaired) electrons. The predicted molar refractivity (Wildman–Crippen MR) is 72.5 cm³/mol. The highest BCUT2D eigenvalue weighted by molar-refractivity contribution is 5.88. The van der Waals surface area contributed by atoms with Gasteiger partial charge in [0, 0.05) is 17.7 Å². The normalized spacial score (nSPS) is 11.2. The van der Waals surface area contributed by atoms with Crippen LogP contribution in [0.4, 0.5) is 5.69 Å². The third-order valence-corrected chi connectivity index (χ3v) is 3.12. The van der Waals surface area contributed by atoms with Gasteiger partial charge in [-0.25, -0.2) is 14.5 Å². The SMILES string of the molecule is O=[N+]([O-])c1ccc(-c2nc3c4cn[nH]c4ncn3n2)cc1. The smallest absolute Gasteiger partial charge is 0.261 e. The molecule has 0 amide bonds. The van der Waals surface area contributed by atoms with E-state index < -0.39 is 4.92 Å². The summed E-state index contributed by atoms with van der Waals surface area (Å²) in [5, 5.41) is 22.4. The number of non-ortho nitro benzene ring substituents is 1. The molecular weight excluding hydrogens is 274 g/mol. The molecule has 0 aliphatic heterocycles. The number of H-pyrrole nitrogens is 1. The molecule has 9 nitrogen and oxygen atoms in total. The predicted octanol–water partition coefficient (Wildman–Crippen LogP) is 1.58. The second-order valence-corrected chi connectivity index (χ2v) is 4.38. The van der Waals surface area contributed by atoms with Crippen LogP contribution in [-0.2, 0) is 0 Å². The van der Waals surface area contributed by atoms with Crippen LogP contribution in [0, 0.1) is 10.1 Å². The highest BCUT2D eigenvalue weighted by Gasteiger charge is 2.12. The van der Waals surface area contributed by atoms with Gasteiger partial charge in [-0.2, -0.15) is 5.10 Å². The van der Waals surface area contributed by atoms with Crippen molar-refractivity contribution in [1.29, 1.82) is 0 Å². The topological polar surface area (TPSA) is 115 Å². The Morgan fingerprint density at radius 3 is 2.81 bits per heavy atom. The van der Waals surface area contributed by atoms with E-state index >= 15 is 0 Å². The molecule has 4 aromatic rings. The van der Waals surface area contributed by atoms with E-state index in [0.717, 1.165) is 5.39 Å². The van der Waals surface area contributed by atoms with E-state index in [1.165, 1.54) is 18.5 Å². The van der Waals surface area contributed by atoms with Crippen molar-refractivity contribution in [3.63, 3.8) is 0 Å². The van der Waals surface area contributed by atoms with E-state index in [1.807, 2.05) is 0 Å². The fourth-order valence-electron chi connectivity index (χ4n) is 2.10. The van der Waals surface area contributed by atoms with Gasteiger partial charge in [0.05, 0.1) is 16.5 Å². The van der Waals surface area contributed by atoms with E-state index in [4.69, 9.17) is 0 Å². The zero-order chi connectivity index (χ0) is 14.4. The number of aromatic nitrogens is 6. The Bertz CT molecular complexity index is 970. The number of hydrogen-bond acceptors (Lipinski definition) is 6. The summed E-state index contributed by atoms with van der Waals surface area (Å²) in [5.41, 5.74) is 1.98. The van der Waals surface area contributed by atoms with Crippen LogP contribution in [0.25, 0.3) is 28.1 Å². The third kappa shape index (κ3) is 1.71. The first-order chi connectivity index (χ1) is 10.2. The lowest BCUT2D eigenvalue weighted by atomic mass is 10.2. The van der Waals surface area contributed by atoms with Gasteiger partial charge in [0.2, 0.25) is 0 Å². The molecular formula is C12H7N7O2. The van der Waals surface area contributed by atoms with Gasteiger partial charge < -0.3 is 0 Å². The number of nitro benzene ring substituents is 1. The van der Waals surface area contributed by atoms with Gasteiger partial charge in [0.25, 0.3) is 5.69 Å². The summed E-state index contributed by atoms with van der Waals surface area (Å²) in [6.45, 7) is 0. The number of hydrogen-bond donors (Lipinski definition) is 1. The minimum atomic E-state index is -0.445. The van der Waals surface area contributed by atoms with Crippen molar-refractivity contribution in [3.8, 4) is 11.4 Å². The molecule has 0 atom stereocenters. The lowest BCUT2D eigenvalue weighted by Crippen LogP contribution is -1.90. The molecule has 0 spiro atoms. The molecule has 0 fully saturated rings. The first-order valence-corrected chi connectivity index (χ1v) is 6.02. The second-order valence-electron chi connectivity index (χ2n) is 4.38. The minimum Gasteiger partial charge on any atom is -0.261 e. The van der Waals surface area contributed by atoms with Gasteiger partial charge in [0.1, 0.15) is 6.33 Å². The van der Waals surface area contributed by atoms with Crippen LogP contribution >= 0.6 is 0 Å². The maximum absolute atomic E-state index is 10.7. The van der Waals surface area contributed by atoms with Crippen LogP contribution in [0.3, 0.4) is 0 Å². The third-order valence-electron chi connectivity index (χ3n) is 3.12. The van der Waals surface area contributed by atoms with Crippen molar-refractivity contribution < 1.29 is 4.92 Å². The van der Waals surface area contributed by atoms with E-state index in [9.17, 15) is 10.1 Å². The molecule has 1 N–H and O–H groups in total. The summed E-state index contributed by atoms with van der Waals surface area (Å²) in [5.74, 6) is 0.473. The Labute approximate surface area is 116 Å². The molecule has 0 bridgehead atoms. The fourth-order valence-corrected chi connectivity index (χ4v) is 2.10. The number of nitrogens with one attached hydrogen (secondary N) is 1. The van der Waals surface area contributed by atoms with Crippen molar-refractivity contribution >= 4 is 22.4 Å². The quantitative estimate of drug-likeness (QED) is 0.440. The Hall–Kier alpha value is -3.36. The number of benzene rings is 1. The molecule has 21 heavy (non-hydrogen) atoms. The lowest BCUT2D eigenvalue weighted by Gasteiger charge is -1.94. The van der Waals surface area contributed by atoms with Gasteiger partial charge in [-0.05, 0) is 12.1 Å². The van der Waals surface area contributed by atoms with Crippen LogP contribution in [0.15, 0.2) is 36.8 Å². The molecule has 0 saturated carbocycles. The summed E-state index contributed by atoms with van der Waals surface area (Å²) >= 11 is 0. The van der Waals surface area contributed by atoms with Gasteiger partial charge in [-0.15, -0.1) is 5.10 Å². The number of fused-ring (bicyclic) bond motifs is 3. The second kappa shape index (κ2) is 4.07. The summed E-state index contributed by atoms with van der Waals surface area (Å²) < 4.78 is 1.55. The molecule has 3 aromatic heterocycles. The Kier molecular flexibility index (Phi) is 2.22. The van der Waals surface area contributed by atoms with Crippen molar-refractivity contribution in [1.82, 2.24) is 29.8 Å². The number of aromatic amines is 1. The average Bonchev–Trinajstić information content (AvgIpc) is 3.12. The van der Waals surface area contributed by atoms with Crippen LogP contribution < -0.4 is 0 Å². The van der Waals surface area contributed by atoms with Crippen LogP contribution in [0.1, 0.15) is 0 Å². The fraction of sp³-hybridized carbons (Fsp3) is 0. The Balaban J connectivity index is 1.88. The maximum atomic E-state index is 10.7. The Morgan fingerprint density at radius 1 is 1.24 bits per heavy atom. The molecule has 1 aromatic carbocycles. The van der Waals surface area contributed by atoms with Crippen molar-refractivity contribution in [2.75, 3.05) is 0 Å². The molecule has 0 saturated heterocycles. The summed E-state index contributed by atoms with van der Waals surface area (Å²) in [6, 6.07) is 6.08. The van der Waals surface area contributed by atoms with Gasteiger partial charge >= 0.3 is 0 Å². The van der Waals surface area contributed by atoms with Crippen LogP contribution in [-0.4, -0.2) is 34.7 Å². The molecule has 0 aliphatic rings. The molecule has 4 rings (SSSR count). The molecule has 9 heteroatoms. The maximum Gasteiger partial charge on any atom is 0.269 e. The van der Waals surface area contributed by atoms with Gasteiger partial charge in [0.15, 0.2) is 17.1 Å². The van der Waals surface area contributed by atoms with E-state index in [2.05, 4.69) is 25.3 Å². The van der Waals surface area contributed by atoms with Crippen molar-refractivity contribution in [2.24, 2.45) is 0 Å². The number of nitro groups is 1. The Morgan fingerprint density at radius 2 is 2.05 bits per heavy atom. The lowest BCUT2D eigenvalue weighted by molar-refractivity contribution is -0.384. The van der Waals surface area contributed by atoms with E-state index in [0.29, 0.717) is 22.7 Å². The van der Waals surface area contributed by atoms with Crippen LogP contribution in [0.2, 0.25) is 0 Å².